The zero-order valence-corrected chi connectivity index (χ0v) is 44.8. The Kier molecular flexibility index (Phi) is 11.7. The number of para-hydroxylation sites is 4. The summed E-state index contributed by atoms with van der Waals surface area (Å²) in [4.78, 5) is 8.91. The number of pyridine rings is 2. The normalized spacial score (nSPS) is 12.8. The van der Waals surface area contributed by atoms with Gasteiger partial charge in [-0.1, -0.05) is 146 Å². The van der Waals surface area contributed by atoms with Crippen LogP contribution >= 0.6 is 0 Å². The van der Waals surface area contributed by atoms with Crippen molar-refractivity contribution in [3.05, 3.63) is 302 Å². The second kappa shape index (κ2) is 19.4. The van der Waals surface area contributed by atoms with Gasteiger partial charge in [-0.2, -0.15) is 0 Å². The molecular formula is C73H48IrN4-2. The zero-order valence-electron chi connectivity index (χ0n) is 42.4. The Labute approximate surface area is 467 Å². The molecule has 78 heavy (non-hydrogen) atoms. The van der Waals surface area contributed by atoms with Gasteiger partial charge in [0.1, 0.15) is 0 Å². The van der Waals surface area contributed by atoms with E-state index in [-0.39, 0.29) is 25.5 Å². The molecule has 10 aromatic carbocycles. The Morgan fingerprint density at radius 2 is 0.782 bits per heavy atom. The Hall–Kier alpha value is -9.25. The standard InChI is InChI=1S/C62H40N3.C11H8N.Ir/c1-5-16-58-51(11-1)52-12-2-6-17-59(52)64(58)47-28-22-40(23-29-47)42-26-32-49-50-33-27-43(41-24-30-48(31-25-41)65-60-18-7-3-13-53(60)54-14-4-8-19-61(54)65)37-56(50)62(55(49)36-42)38-45-21-20-44(35-46(45)39-62)57-15-9-10-34-63-57;1-2-6-10(7-3-1)11-8-4-5-9-12-11;/h1-19,21-37H,38-39H2;1-6,8-9H;/q2*-1;. The van der Waals surface area contributed by atoms with Gasteiger partial charge in [0.25, 0.3) is 0 Å². The number of rotatable bonds is 6. The van der Waals surface area contributed by atoms with Crippen LogP contribution in [-0.4, -0.2) is 19.1 Å². The summed E-state index contributed by atoms with van der Waals surface area (Å²) in [6.45, 7) is 0. The van der Waals surface area contributed by atoms with Crippen molar-refractivity contribution < 1.29 is 20.1 Å². The number of benzene rings is 10. The van der Waals surface area contributed by atoms with E-state index in [1.807, 2.05) is 54.7 Å². The van der Waals surface area contributed by atoms with Gasteiger partial charge >= 0.3 is 0 Å². The molecule has 0 N–H and O–H groups in total. The second-order valence-electron chi connectivity index (χ2n) is 20.4. The summed E-state index contributed by atoms with van der Waals surface area (Å²) in [5.41, 5.74) is 24.2. The fourth-order valence-electron chi connectivity index (χ4n) is 12.6. The Balaban J connectivity index is 0.000000376. The van der Waals surface area contributed by atoms with Crippen LogP contribution in [0.3, 0.4) is 0 Å². The molecule has 1 spiro atoms. The molecular weight excluding hydrogens is 1130 g/mol. The molecule has 14 aromatic rings. The molecule has 16 rings (SSSR count). The molecule has 4 heterocycles. The average molecular weight is 1170 g/mol. The van der Waals surface area contributed by atoms with Gasteiger partial charge in [0.15, 0.2) is 0 Å². The van der Waals surface area contributed by atoms with Crippen LogP contribution in [0, 0.1) is 12.1 Å². The van der Waals surface area contributed by atoms with Gasteiger partial charge in [-0.25, -0.2) is 0 Å². The third-order valence-corrected chi connectivity index (χ3v) is 16.1. The molecule has 0 amide bonds. The number of nitrogens with zero attached hydrogens (tertiary/aromatic N) is 4. The monoisotopic (exact) mass is 1170 g/mol. The van der Waals surface area contributed by atoms with E-state index in [1.165, 1.54) is 99.2 Å². The predicted molar refractivity (Wildman–Crippen MR) is 317 cm³/mol. The van der Waals surface area contributed by atoms with Crippen LogP contribution in [-0.2, 0) is 38.4 Å². The quantitative estimate of drug-likeness (QED) is 0.156. The molecule has 5 heteroatoms. The van der Waals surface area contributed by atoms with E-state index < -0.39 is 0 Å². The van der Waals surface area contributed by atoms with Crippen LogP contribution in [0.15, 0.2) is 267 Å². The summed E-state index contributed by atoms with van der Waals surface area (Å²) in [5, 5.41) is 5.10. The van der Waals surface area contributed by atoms with Gasteiger partial charge in [-0.3, -0.25) is 0 Å². The van der Waals surface area contributed by atoms with Crippen molar-refractivity contribution in [3.8, 4) is 67.3 Å². The first-order valence-corrected chi connectivity index (χ1v) is 26.5. The van der Waals surface area contributed by atoms with E-state index in [2.05, 4.69) is 233 Å². The number of aromatic nitrogens is 4. The fourth-order valence-corrected chi connectivity index (χ4v) is 12.6. The summed E-state index contributed by atoms with van der Waals surface area (Å²) in [7, 11) is 0. The van der Waals surface area contributed by atoms with E-state index in [9.17, 15) is 0 Å². The smallest absolute Gasteiger partial charge is 0.0541 e. The topological polar surface area (TPSA) is 35.6 Å². The van der Waals surface area contributed by atoms with E-state index in [0.717, 1.165) is 46.7 Å². The molecule has 0 saturated heterocycles. The van der Waals surface area contributed by atoms with E-state index in [1.54, 1.807) is 6.20 Å². The minimum absolute atomic E-state index is 0. The Morgan fingerprint density at radius 3 is 1.23 bits per heavy atom. The van der Waals surface area contributed by atoms with Crippen LogP contribution < -0.4 is 0 Å². The third-order valence-electron chi connectivity index (χ3n) is 16.1. The van der Waals surface area contributed by atoms with Gasteiger partial charge in [0, 0.05) is 70.8 Å². The minimum atomic E-state index is -0.221. The molecule has 4 nitrogen and oxygen atoms in total. The van der Waals surface area contributed by atoms with Crippen LogP contribution in [0.2, 0.25) is 0 Å². The maximum absolute atomic E-state index is 4.70. The molecule has 4 aromatic heterocycles. The van der Waals surface area contributed by atoms with Crippen molar-refractivity contribution >= 4 is 43.6 Å². The van der Waals surface area contributed by atoms with Crippen LogP contribution in [0.25, 0.3) is 111 Å². The van der Waals surface area contributed by atoms with Crippen molar-refractivity contribution in [2.24, 2.45) is 0 Å². The van der Waals surface area contributed by atoms with Crippen molar-refractivity contribution in [2.45, 2.75) is 18.3 Å². The van der Waals surface area contributed by atoms with Crippen molar-refractivity contribution in [1.82, 2.24) is 19.1 Å². The maximum Gasteiger partial charge on any atom is 0.0541 e. The summed E-state index contributed by atoms with van der Waals surface area (Å²) < 4.78 is 4.79. The molecule has 2 aliphatic carbocycles. The van der Waals surface area contributed by atoms with Gasteiger partial charge < -0.3 is 19.1 Å². The average Bonchev–Trinajstić information content (AvgIpc) is 4.42. The van der Waals surface area contributed by atoms with Crippen molar-refractivity contribution in [3.63, 3.8) is 0 Å². The van der Waals surface area contributed by atoms with Crippen molar-refractivity contribution in [1.29, 1.82) is 0 Å². The van der Waals surface area contributed by atoms with E-state index in [4.69, 9.17) is 4.98 Å². The summed E-state index contributed by atoms with van der Waals surface area (Å²) in [5.74, 6) is 0. The number of hydrogen-bond donors (Lipinski definition) is 0. The predicted octanol–water partition coefficient (Wildman–Crippen LogP) is 17.7. The molecule has 0 atom stereocenters. The van der Waals surface area contributed by atoms with Gasteiger partial charge in [-0.15, -0.1) is 70.8 Å². The molecule has 0 fully saturated rings. The first kappa shape index (κ1) is 47.2. The first-order chi connectivity index (χ1) is 38.1. The molecule has 0 saturated carbocycles. The third kappa shape index (κ3) is 7.85. The van der Waals surface area contributed by atoms with Crippen LogP contribution in [0.5, 0.6) is 0 Å². The van der Waals surface area contributed by atoms with E-state index in [0.29, 0.717) is 0 Å². The largest absolute Gasteiger partial charge is 0.309 e. The Morgan fingerprint density at radius 1 is 0.359 bits per heavy atom. The molecule has 2 aliphatic rings. The number of fused-ring (bicyclic) bond motifs is 12. The minimum Gasteiger partial charge on any atom is -0.309 e. The maximum atomic E-state index is 4.70. The first-order valence-electron chi connectivity index (χ1n) is 26.5. The Bertz CT molecular complexity index is 4190. The number of hydrogen-bond acceptors (Lipinski definition) is 2. The van der Waals surface area contributed by atoms with Crippen LogP contribution in [0.1, 0.15) is 22.3 Å². The fraction of sp³-hybridized carbons (Fsp3) is 0.0411. The molecule has 0 aliphatic heterocycles. The molecule has 0 bridgehead atoms. The SMILES string of the molecule is [Ir].[c-]1cc2c(cc1-c1ccccn1)CC1(C2)c2cc(-c3ccc(-n4c5ccccc5c5ccccc54)cc3)ccc2-c2ccc(-c3ccc(-n4c5ccccc5c5ccccc54)cc3)cc21.[c-]1ccccc1-c1ccccn1. The van der Waals surface area contributed by atoms with Gasteiger partial charge in [-0.05, 0) is 142 Å². The van der Waals surface area contributed by atoms with Gasteiger partial charge in [0.05, 0.1) is 22.1 Å². The molecule has 1 radical (unpaired) electrons. The summed E-state index contributed by atoms with van der Waals surface area (Å²) in [6.07, 6.45) is 5.50. The van der Waals surface area contributed by atoms with E-state index >= 15 is 0 Å². The summed E-state index contributed by atoms with van der Waals surface area (Å²) in [6, 6.07) is 98.8. The van der Waals surface area contributed by atoms with Gasteiger partial charge in [0.2, 0.25) is 0 Å². The molecule has 371 valence electrons. The van der Waals surface area contributed by atoms with Crippen molar-refractivity contribution in [2.75, 3.05) is 0 Å². The second-order valence-corrected chi connectivity index (χ2v) is 20.4. The zero-order chi connectivity index (χ0) is 50.9. The molecule has 0 unspecified atom stereocenters. The summed E-state index contributed by atoms with van der Waals surface area (Å²) >= 11 is 0. The van der Waals surface area contributed by atoms with Crippen LogP contribution in [0.4, 0.5) is 0 Å².